The highest BCUT2D eigenvalue weighted by Gasteiger charge is 2.13. The number of imidazole rings is 1. The summed E-state index contributed by atoms with van der Waals surface area (Å²) in [5, 5.41) is 0.519. The fourth-order valence-corrected chi connectivity index (χ4v) is 3.61. The maximum Gasteiger partial charge on any atom is 0.259 e. The van der Waals surface area contributed by atoms with Gasteiger partial charge in [-0.25, -0.2) is 9.97 Å². The SMILES string of the molecule is CCCOc1ccccc1-c1nc2cc3ncn(Cc4ccccn4)c3cc2c(=O)[nH]1. The minimum Gasteiger partial charge on any atom is -0.493 e. The van der Waals surface area contributed by atoms with Crippen molar-refractivity contribution in [1.29, 1.82) is 0 Å². The minimum absolute atomic E-state index is 0.196. The Hall–Kier alpha value is -4.00. The first-order valence-corrected chi connectivity index (χ1v) is 10.2. The maximum atomic E-state index is 13.0. The second kappa shape index (κ2) is 8.02. The number of rotatable bonds is 6. The summed E-state index contributed by atoms with van der Waals surface area (Å²) >= 11 is 0. The van der Waals surface area contributed by atoms with Crippen LogP contribution in [0.5, 0.6) is 5.75 Å². The van der Waals surface area contributed by atoms with E-state index in [9.17, 15) is 4.79 Å². The van der Waals surface area contributed by atoms with Crippen LogP contribution in [0.4, 0.5) is 0 Å². The van der Waals surface area contributed by atoms with Crippen LogP contribution in [0.25, 0.3) is 33.3 Å². The van der Waals surface area contributed by atoms with Crippen LogP contribution in [0.2, 0.25) is 0 Å². The number of benzene rings is 2. The summed E-state index contributed by atoms with van der Waals surface area (Å²) in [7, 11) is 0. The molecule has 3 heterocycles. The van der Waals surface area contributed by atoms with Gasteiger partial charge in [0, 0.05) is 6.20 Å². The van der Waals surface area contributed by atoms with Gasteiger partial charge in [-0.15, -0.1) is 0 Å². The Morgan fingerprint density at radius 2 is 1.90 bits per heavy atom. The second-order valence-corrected chi connectivity index (χ2v) is 7.31. The van der Waals surface area contributed by atoms with Crippen molar-refractivity contribution in [2.24, 2.45) is 0 Å². The van der Waals surface area contributed by atoms with Gasteiger partial charge in [0.15, 0.2) is 0 Å². The van der Waals surface area contributed by atoms with Crippen molar-refractivity contribution in [2.75, 3.05) is 6.61 Å². The fourth-order valence-electron chi connectivity index (χ4n) is 3.61. The Balaban J connectivity index is 1.60. The molecule has 0 amide bonds. The van der Waals surface area contributed by atoms with E-state index in [1.165, 1.54) is 0 Å². The fraction of sp³-hybridized carbons (Fsp3) is 0.167. The van der Waals surface area contributed by atoms with Crippen LogP contribution in [0.15, 0.2) is 71.9 Å². The molecule has 5 aromatic rings. The Morgan fingerprint density at radius 3 is 2.74 bits per heavy atom. The van der Waals surface area contributed by atoms with Crippen LogP contribution in [-0.4, -0.2) is 31.1 Å². The van der Waals surface area contributed by atoms with E-state index in [0.29, 0.717) is 35.6 Å². The molecule has 0 atom stereocenters. The number of para-hydroxylation sites is 1. The zero-order chi connectivity index (χ0) is 21.2. The van der Waals surface area contributed by atoms with Crippen LogP contribution in [0.1, 0.15) is 19.0 Å². The van der Waals surface area contributed by atoms with Gasteiger partial charge in [0.25, 0.3) is 5.56 Å². The molecule has 3 aromatic heterocycles. The Morgan fingerprint density at radius 1 is 1.03 bits per heavy atom. The number of hydrogen-bond donors (Lipinski definition) is 1. The lowest BCUT2D eigenvalue weighted by atomic mass is 10.1. The van der Waals surface area contributed by atoms with E-state index in [1.807, 2.05) is 59.2 Å². The molecule has 0 bridgehead atoms. The van der Waals surface area contributed by atoms with Crippen LogP contribution in [0, 0.1) is 0 Å². The molecule has 31 heavy (non-hydrogen) atoms. The highest BCUT2D eigenvalue weighted by Crippen LogP contribution is 2.28. The number of pyridine rings is 1. The van der Waals surface area contributed by atoms with Crippen LogP contribution in [-0.2, 0) is 6.54 Å². The van der Waals surface area contributed by atoms with Crippen molar-refractivity contribution < 1.29 is 4.74 Å². The molecule has 0 radical (unpaired) electrons. The van der Waals surface area contributed by atoms with Gasteiger partial charge in [-0.1, -0.05) is 25.1 Å². The maximum absolute atomic E-state index is 13.0. The number of fused-ring (bicyclic) bond motifs is 2. The predicted molar refractivity (Wildman–Crippen MR) is 120 cm³/mol. The number of aromatic nitrogens is 5. The Labute approximate surface area is 178 Å². The standard InChI is InChI=1S/C24H21N5O2/c1-2-11-31-22-9-4-3-8-17(22)23-27-19-13-20-21(12-18(19)24(30)28-23)29(15-26-20)14-16-7-5-6-10-25-16/h3-10,12-13,15H,2,11,14H2,1H3,(H,27,28,30). The number of hydrogen-bond acceptors (Lipinski definition) is 5. The third-order valence-corrected chi connectivity index (χ3v) is 5.11. The molecule has 0 aliphatic rings. The highest BCUT2D eigenvalue weighted by molar-refractivity contribution is 5.93. The van der Waals surface area contributed by atoms with Gasteiger partial charge in [-0.2, -0.15) is 0 Å². The molecule has 0 fully saturated rings. The number of ether oxygens (including phenoxy) is 1. The zero-order valence-electron chi connectivity index (χ0n) is 17.1. The number of aromatic amines is 1. The van der Waals surface area contributed by atoms with Crippen LogP contribution < -0.4 is 10.3 Å². The normalized spacial score (nSPS) is 11.3. The van der Waals surface area contributed by atoms with E-state index < -0.39 is 0 Å². The molecule has 2 aromatic carbocycles. The van der Waals surface area contributed by atoms with Crippen molar-refractivity contribution in [1.82, 2.24) is 24.5 Å². The topological polar surface area (TPSA) is 85.7 Å². The zero-order valence-corrected chi connectivity index (χ0v) is 17.1. The first-order valence-electron chi connectivity index (χ1n) is 10.2. The van der Waals surface area contributed by atoms with Gasteiger partial charge < -0.3 is 14.3 Å². The number of H-pyrrole nitrogens is 1. The molecule has 0 spiro atoms. The lowest BCUT2D eigenvalue weighted by Gasteiger charge is -2.11. The smallest absolute Gasteiger partial charge is 0.259 e. The first-order chi connectivity index (χ1) is 15.2. The Kier molecular flexibility index (Phi) is 4.92. The average Bonchev–Trinajstić information content (AvgIpc) is 3.19. The highest BCUT2D eigenvalue weighted by atomic mass is 16.5. The molecule has 0 saturated carbocycles. The summed E-state index contributed by atoms with van der Waals surface area (Å²) in [6, 6.07) is 17.1. The van der Waals surface area contributed by atoms with Gasteiger partial charge in [0.05, 0.1) is 52.7 Å². The molecule has 5 rings (SSSR count). The molecule has 154 valence electrons. The third-order valence-electron chi connectivity index (χ3n) is 5.11. The minimum atomic E-state index is -0.196. The second-order valence-electron chi connectivity index (χ2n) is 7.31. The van der Waals surface area contributed by atoms with Crippen molar-refractivity contribution in [3.05, 3.63) is 83.2 Å². The summed E-state index contributed by atoms with van der Waals surface area (Å²) in [4.78, 5) is 29.5. The average molecular weight is 411 g/mol. The molecule has 0 aliphatic heterocycles. The largest absolute Gasteiger partial charge is 0.493 e. The van der Waals surface area contributed by atoms with Gasteiger partial charge in [-0.3, -0.25) is 9.78 Å². The molecule has 0 saturated heterocycles. The molecule has 1 N–H and O–H groups in total. The van der Waals surface area contributed by atoms with Crippen molar-refractivity contribution in [2.45, 2.75) is 19.9 Å². The van der Waals surface area contributed by atoms with E-state index in [1.54, 1.807) is 12.5 Å². The first kappa shape index (κ1) is 19.0. The summed E-state index contributed by atoms with van der Waals surface area (Å²) < 4.78 is 7.82. The molecule has 7 heteroatoms. The van der Waals surface area contributed by atoms with E-state index in [0.717, 1.165) is 28.7 Å². The van der Waals surface area contributed by atoms with E-state index >= 15 is 0 Å². The number of nitrogens with zero attached hydrogens (tertiary/aromatic N) is 4. The van der Waals surface area contributed by atoms with Crippen molar-refractivity contribution in [3.8, 4) is 17.1 Å². The van der Waals surface area contributed by atoms with E-state index in [4.69, 9.17) is 9.72 Å². The predicted octanol–water partition coefficient (Wildman–Crippen LogP) is 4.17. The van der Waals surface area contributed by atoms with Crippen LogP contribution >= 0.6 is 0 Å². The quantitative estimate of drug-likeness (QED) is 0.453. The monoisotopic (exact) mass is 411 g/mol. The van der Waals surface area contributed by atoms with Crippen molar-refractivity contribution in [3.63, 3.8) is 0 Å². The summed E-state index contributed by atoms with van der Waals surface area (Å²) in [6.07, 6.45) is 4.43. The van der Waals surface area contributed by atoms with Gasteiger partial charge in [0.1, 0.15) is 11.6 Å². The number of nitrogens with one attached hydrogen (secondary N) is 1. The molecule has 7 nitrogen and oxygen atoms in total. The lowest BCUT2D eigenvalue weighted by molar-refractivity contribution is 0.318. The molecule has 0 unspecified atom stereocenters. The third kappa shape index (κ3) is 3.66. The lowest BCUT2D eigenvalue weighted by Crippen LogP contribution is -2.10. The molecular weight excluding hydrogens is 390 g/mol. The molecule has 0 aliphatic carbocycles. The van der Waals surface area contributed by atoms with Gasteiger partial charge in [0.2, 0.25) is 0 Å². The summed E-state index contributed by atoms with van der Waals surface area (Å²) in [6.45, 7) is 3.23. The van der Waals surface area contributed by atoms with E-state index in [2.05, 4.69) is 21.9 Å². The van der Waals surface area contributed by atoms with Gasteiger partial charge in [-0.05, 0) is 42.8 Å². The van der Waals surface area contributed by atoms with Gasteiger partial charge >= 0.3 is 0 Å². The van der Waals surface area contributed by atoms with Crippen molar-refractivity contribution >= 4 is 21.9 Å². The Bertz CT molecular complexity index is 1420. The van der Waals surface area contributed by atoms with E-state index in [-0.39, 0.29) is 5.56 Å². The summed E-state index contributed by atoms with van der Waals surface area (Å²) in [5.41, 5.74) is 3.73. The summed E-state index contributed by atoms with van der Waals surface area (Å²) in [5.74, 6) is 1.18. The van der Waals surface area contributed by atoms with Crippen LogP contribution in [0.3, 0.4) is 0 Å². The molecular formula is C24H21N5O2.